The van der Waals surface area contributed by atoms with Crippen LogP contribution in [0.15, 0.2) is 29.3 Å². The van der Waals surface area contributed by atoms with Crippen LogP contribution in [-0.4, -0.2) is 63.1 Å². The van der Waals surface area contributed by atoms with Crippen molar-refractivity contribution < 1.29 is 9.53 Å². The number of carbonyl (C=O) groups is 1. The molecule has 1 heterocycles. The lowest BCUT2D eigenvalue weighted by molar-refractivity contribution is -0.114. The molecule has 1 aromatic rings. The fourth-order valence-corrected chi connectivity index (χ4v) is 3.22. The molecule has 1 aliphatic heterocycles. The molecule has 1 amide bonds. The zero-order valence-electron chi connectivity index (χ0n) is 17.5. The van der Waals surface area contributed by atoms with Crippen LogP contribution in [0.4, 0.5) is 5.69 Å². The molecule has 0 spiro atoms. The monoisotopic (exact) mass is 389 g/mol. The molecule has 0 atom stereocenters. The molecule has 0 saturated carbocycles. The molecular weight excluding hydrogens is 354 g/mol. The van der Waals surface area contributed by atoms with Crippen LogP contribution >= 0.6 is 0 Å². The summed E-state index contributed by atoms with van der Waals surface area (Å²) in [6, 6.07) is 7.38. The summed E-state index contributed by atoms with van der Waals surface area (Å²) >= 11 is 0. The molecule has 0 aliphatic carbocycles. The van der Waals surface area contributed by atoms with Gasteiger partial charge in [-0.05, 0) is 56.9 Å². The second-order valence-electron chi connectivity index (χ2n) is 7.36. The highest BCUT2D eigenvalue weighted by atomic mass is 16.5. The summed E-state index contributed by atoms with van der Waals surface area (Å²) in [5.41, 5.74) is 0.735. The number of nitrogens with zero attached hydrogens (tertiary/aromatic N) is 2. The number of likely N-dealkylation sites (tertiary alicyclic amines) is 1. The summed E-state index contributed by atoms with van der Waals surface area (Å²) in [5, 5.41) is 9.37. The van der Waals surface area contributed by atoms with Crippen LogP contribution in [0.3, 0.4) is 0 Å². The largest absolute Gasteiger partial charge is 0.492 e. The molecule has 1 fully saturated rings. The Morgan fingerprint density at radius 1 is 1.25 bits per heavy atom. The lowest BCUT2D eigenvalue weighted by atomic mass is 9.99. The molecule has 3 N–H and O–H groups in total. The zero-order chi connectivity index (χ0) is 20.2. The standard InChI is InChI=1S/C21H35N5O2/c1-17-8-13-26(14-9-17)12-5-10-23-21(22-3)24-11-15-28-20-7-4-6-19(16-20)25-18(2)27/h4,6-7,16-17H,5,8-15H2,1-3H3,(H,25,27)(H2,22,23,24). The Morgan fingerprint density at radius 3 is 2.71 bits per heavy atom. The van der Waals surface area contributed by atoms with Gasteiger partial charge in [0.1, 0.15) is 12.4 Å². The number of anilines is 1. The SMILES string of the molecule is CN=C(NCCCN1CCC(C)CC1)NCCOc1cccc(NC(C)=O)c1. The van der Waals surface area contributed by atoms with Crippen molar-refractivity contribution in [1.29, 1.82) is 0 Å². The van der Waals surface area contributed by atoms with E-state index in [2.05, 4.69) is 32.8 Å². The number of ether oxygens (including phenoxy) is 1. The maximum absolute atomic E-state index is 11.1. The van der Waals surface area contributed by atoms with Crippen molar-refractivity contribution >= 4 is 17.6 Å². The minimum Gasteiger partial charge on any atom is -0.492 e. The Hall–Kier alpha value is -2.28. The van der Waals surface area contributed by atoms with E-state index in [1.165, 1.54) is 32.9 Å². The number of aliphatic imine (C=N–C) groups is 1. The maximum atomic E-state index is 11.1. The number of nitrogens with one attached hydrogen (secondary N) is 3. The molecule has 2 rings (SSSR count). The van der Waals surface area contributed by atoms with E-state index in [-0.39, 0.29) is 5.91 Å². The van der Waals surface area contributed by atoms with Crippen LogP contribution in [0, 0.1) is 5.92 Å². The fraction of sp³-hybridized carbons (Fsp3) is 0.619. The predicted octanol–water partition coefficient (Wildman–Crippen LogP) is 2.31. The molecule has 7 nitrogen and oxygen atoms in total. The molecule has 0 unspecified atom stereocenters. The average Bonchev–Trinajstić information content (AvgIpc) is 2.68. The first kappa shape index (κ1) is 22.0. The van der Waals surface area contributed by atoms with Gasteiger partial charge in [0.2, 0.25) is 5.91 Å². The second-order valence-corrected chi connectivity index (χ2v) is 7.36. The van der Waals surface area contributed by atoms with Gasteiger partial charge in [0.05, 0.1) is 6.54 Å². The second kappa shape index (κ2) is 12.2. The van der Waals surface area contributed by atoms with Crippen LogP contribution < -0.4 is 20.7 Å². The van der Waals surface area contributed by atoms with Crippen LogP contribution in [0.1, 0.15) is 33.1 Å². The van der Waals surface area contributed by atoms with Crippen molar-refractivity contribution in [1.82, 2.24) is 15.5 Å². The van der Waals surface area contributed by atoms with Gasteiger partial charge in [0.25, 0.3) is 0 Å². The lowest BCUT2D eigenvalue weighted by Crippen LogP contribution is -2.41. The van der Waals surface area contributed by atoms with Crippen LogP contribution in [0.5, 0.6) is 5.75 Å². The first-order valence-electron chi connectivity index (χ1n) is 10.2. The van der Waals surface area contributed by atoms with Gasteiger partial charge in [-0.1, -0.05) is 13.0 Å². The van der Waals surface area contributed by atoms with E-state index in [1.54, 1.807) is 7.05 Å². The van der Waals surface area contributed by atoms with Crippen molar-refractivity contribution in [2.45, 2.75) is 33.1 Å². The smallest absolute Gasteiger partial charge is 0.221 e. The van der Waals surface area contributed by atoms with Crippen LogP contribution in [0.25, 0.3) is 0 Å². The minimum absolute atomic E-state index is 0.0939. The Balaban J connectivity index is 1.57. The van der Waals surface area contributed by atoms with E-state index < -0.39 is 0 Å². The minimum atomic E-state index is -0.0939. The summed E-state index contributed by atoms with van der Waals surface area (Å²) in [6.45, 7) is 9.50. The Kier molecular flexibility index (Phi) is 9.62. The highest BCUT2D eigenvalue weighted by Crippen LogP contribution is 2.17. The molecule has 28 heavy (non-hydrogen) atoms. The molecule has 0 radical (unpaired) electrons. The van der Waals surface area contributed by atoms with Gasteiger partial charge in [0, 0.05) is 32.3 Å². The van der Waals surface area contributed by atoms with Crippen molar-refractivity contribution in [2.75, 3.05) is 51.7 Å². The number of guanidine groups is 1. The fourth-order valence-electron chi connectivity index (χ4n) is 3.22. The van der Waals surface area contributed by atoms with Gasteiger partial charge < -0.3 is 25.6 Å². The topological polar surface area (TPSA) is 78.0 Å². The van der Waals surface area contributed by atoms with Crippen molar-refractivity contribution in [3.63, 3.8) is 0 Å². The first-order chi connectivity index (χ1) is 13.6. The molecule has 0 aromatic heterocycles. The summed E-state index contributed by atoms with van der Waals surface area (Å²) in [5.74, 6) is 2.31. The van der Waals surface area contributed by atoms with E-state index in [4.69, 9.17) is 4.74 Å². The molecule has 1 aliphatic rings. The number of carbonyl (C=O) groups excluding carboxylic acids is 1. The Morgan fingerprint density at radius 2 is 2.00 bits per heavy atom. The summed E-state index contributed by atoms with van der Waals surface area (Å²) in [6.07, 6.45) is 3.76. The number of hydrogen-bond donors (Lipinski definition) is 3. The molecule has 156 valence electrons. The Labute approximate surface area is 168 Å². The van der Waals surface area contributed by atoms with Crippen LogP contribution in [-0.2, 0) is 4.79 Å². The Bertz CT molecular complexity index is 627. The van der Waals surface area contributed by atoms with Gasteiger partial charge in [-0.25, -0.2) is 0 Å². The third-order valence-corrected chi connectivity index (χ3v) is 4.86. The number of rotatable bonds is 9. The van der Waals surface area contributed by atoms with Gasteiger partial charge in [-0.15, -0.1) is 0 Å². The van der Waals surface area contributed by atoms with Gasteiger partial charge in [-0.2, -0.15) is 0 Å². The third kappa shape index (κ3) is 8.61. The molecule has 7 heteroatoms. The molecular formula is C21H35N5O2. The third-order valence-electron chi connectivity index (χ3n) is 4.86. The van der Waals surface area contributed by atoms with Gasteiger partial charge in [-0.3, -0.25) is 9.79 Å². The average molecular weight is 390 g/mol. The number of amides is 1. The van der Waals surface area contributed by atoms with E-state index in [0.29, 0.717) is 13.2 Å². The highest BCUT2D eigenvalue weighted by Gasteiger charge is 2.14. The number of hydrogen-bond acceptors (Lipinski definition) is 4. The highest BCUT2D eigenvalue weighted by molar-refractivity contribution is 5.88. The number of piperidine rings is 1. The molecule has 1 aromatic carbocycles. The van der Waals surface area contributed by atoms with E-state index in [0.717, 1.165) is 42.8 Å². The van der Waals surface area contributed by atoms with Crippen molar-refractivity contribution in [2.24, 2.45) is 10.9 Å². The van der Waals surface area contributed by atoms with E-state index >= 15 is 0 Å². The van der Waals surface area contributed by atoms with Gasteiger partial charge in [0.15, 0.2) is 5.96 Å². The molecule has 0 bridgehead atoms. The zero-order valence-corrected chi connectivity index (χ0v) is 17.5. The first-order valence-corrected chi connectivity index (χ1v) is 10.2. The predicted molar refractivity (Wildman–Crippen MR) is 115 cm³/mol. The quantitative estimate of drug-likeness (QED) is 0.343. The summed E-state index contributed by atoms with van der Waals surface area (Å²) in [7, 11) is 1.78. The van der Waals surface area contributed by atoms with Crippen molar-refractivity contribution in [3.05, 3.63) is 24.3 Å². The van der Waals surface area contributed by atoms with E-state index in [1.807, 2.05) is 24.3 Å². The van der Waals surface area contributed by atoms with Gasteiger partial charge >= 0.3 is 0 Å². The normalized spacial score (nSPS) is 15.9. The summed E-state index contributed by atoms with van der Waals surface area (Å²) < 4.78 is 5.73. The maximum Gasteiger partial charge on any atom is 0.221 e. The number of benzene rings is 1. The molecule has 1 saturated heterocycles. The van der Waals surface area contributed by atoms with Crippen molar-refractivity contribution in [3.8, 4) is 5.75 Å². The van der Waals surface area contributed by atoms with Crippen LogP contribution in [0.2, 0.25) is 0 Å². The summed E-state index contributed by atoms with van der Waals surface area (Å²) in [4.78, 5) is 17.9. The lowest BCUT2D eigenvalue weighted by Gasteiger charge is -2.30. The van der Waals surface area contributed by atoms with E-state index in [9.17, 15) is 4.79 Å².